The molecule has 1 atom stereocenters. The van der Waals surface area contributed by atoms with Crippen LogP contribution < -0.4 is 5.32 Å². The maximum Gasteiger partial charge on any atom is 0.0728 e. The standard InChI is InChI=1S/C54H38N2/c1-6-18-37(19-7-1)42-30-43(38-20-8-2-9-21-38)32-45(31-42)51-34-44(33-50(55-51)40-24-12-4-13-25-40)48-35-53-54(47-29-17-16-28-46(47)48)49(39-22-10-3-11-23-39)36-52(56-53)41-26-14-5-15-27-41/h1-36,50,55H. The summed E-state index contributed by atoms with van der Waals surface area (Å²) in [5.41, 5.74) is 15.9. The molecule has 0 spiro atoms. The zero-order valence-corrected chi connectivity index (χ0v) is 30.8. The van der Waals surface area contributed by atoms with E-state index in [1.165, 1.54) is 49.7 Å². The van der Waals surface area contributed by atoms with Crippen LogP contribution in [0.5, 0.6) is 0 Å². The molecule has 0 aliphatic carbocycles. The molecule has 1 aromatic heterocycles. The molecular formula is C54H38N2. The normalized spacial score (nSPS) is 13.9. The van der Waals surface area contributed by atoms with Crippen molar-refractivity contribution in [2.75, 3.05) is 0 Å². The van der Waals surface area contributed by atoms with Gasteiger partial charge in [-0.25, -0.2) is 4.98 Å². The van der Waals surface area contributed by atoms with E-state index in [1.54, 1.807) is 0 Å². The van der Waals surface area contributed by atoms with Gasteiger partial charge in [-0.3, -0.25) is 0 Å². The Morgan fingerprint density at radius 2 is 0.893 bits per heavy atom. The number of nitrogens with one attached hydrogen (secondary N) is 1. The van der Waals surface area contributed by atoms with Crippen LogP contribution in [-0.4, -0.2) is 4.98 Å². The number of allylic oxidation sites excluding steroid dienone is 2. The maximum absolute atomic E-state index is 5.42. The quantitative estimate of drug-likeness (QED) is 0.166. The van der Waals surface area contributed by atoms with E-state index in [2.05, 4.69) is 224 Å². The summed E-state index contributed by atoms with van der Waals surface area (Å²) < 4.78 is 0. The van der Waals surface area contributed by atoms with Crippen LogP contribution in [0.15, 0.2) is 218 Å². The molecule has 8 aromatic carbocycles. The zero-order valence-electron chi connectivity index (χ0n) is 30.8. The van der Waals surface area contributed by atoms with E-state index >= 15 is 0 Å². The third kappa shape index (κ3) is 6.38. The Morgan fingerprint density at radius 1 is 0.393 bits per heavy atom. The lowest BCUT2D eigenvalue weighted by molar-refractivity contribution is 0.767. The SMILES string of the molecule is C1=C(c2cc(-c3ccccc3)cc(-c3ccccc3)c2)NC(c2ccccc2)C=C1c1cc2nc(-c3ccccc3)cc(-c3ccccc3)c2c2ccccc12. The second kappa shape index (κ2) is 14.5. The molecule has 10 rings (SSSR count). The molecule has 1 aliphatic rings. The first-order chi connectivity index (χ1) is 27.7. The summed E-state index contributed by atoms with van der Waals surface area (Å²) in [6.45, 7) is 0. The molecule has 2 heteroatoms. The second-order valence-corrected chi connectivity index (χ2v) is 14.4. The van der Waals surface area contributed by atoms with Crippen molar-refractivity contribution in [1.82, 2.24) is 10.3 Å². The van der Waals surface area contributed by atoms with Gasteiger partial charge in [0.1, 0.15) is 0 Å². The van der Waals surface area contributed by atoms with Crippen molar-refractivity contribution in [2.24, 2.45) is 0 Å². The van der Waals surface area contributed by atoms with Crippen molar-refractivity contribution in [3.63, 3.8) is 0 Å². The summed E-state index contributed by atoms with van der Waals surface area (Å²) in [6.07, 6.45) is 4.72. The second-order valence-electron chi connectivity index (χ2n) is 14.4. The molecule has 0 saturated heterocycles. The van der Waals surface area contributed by atoms with Gasteiger partial charge >= 0.3 is 0 Å². The predicted octanol–water partition coefficient (Wildman–Crippen LogP) is 13.8. The van der Waals surface area contributed by atoms with Gasteiger partial charge in [-0.1, -0.05) is 176 Å². The number of fused-ring (bicyclic) bond motifs is 3. The molecule has 0 bridgehead atoms. The molecule has 56 heavy (non-hydrogen) atoms. The third-order valence-electron chi connectivity index (χ3n) is 10.9. The van der Waals surface area contributed by atoms with Gasteiger partial charge in [0.2, 0.25) is 0 Å². The summed E-state index contributed by atoms with van der Waals surface area (Å²) in [5.74, 6) is 0. The van der Waals surface area contributed by atoms with Crippen molar-refractivity contribution in [1.29, 1.82) is 0 Å². The Hall–Kier alpha value is -7.29. The summed E-state index contributed by atoms with van der Waals surface area (Å²) in [4.78, 5) is 5.42. The lowest BCUT2D eigenvalue weighted by atomic mass is 9.87. The lowest BCUT2D eigenvalue weighted by Gasteiger charge is -2.27. The molecule has 2 nitrogen and oxygen atoms in total. The highest BCUT2D eigenvalue weighted by Gasteiger charge is 2.22. The van der Waals surface area contributed by atoms with E-state index in [-0.39, 0.29) is 6.04 Å². The van der Waals surface area contributed by atoms with Crippen LogP contribution in [0.4, 0.5) is 0 Å². The van der Waals surface area contributed by atoms with Gasteiger partial charge in [-0.05, 0) is 109 Å². The number of nitrogens with zero attached hydrogens (tertiary/aromatic N) is 1. The number of hydrogen-bond acceptors (Lipinski definition) is 2. The Morgan fingerprint density at radius 3 is 1.50 bits per heavy atom. The summed E-state index contributed by atoms with van der Waals surface area (Å²) in [7, 11) is 0. The highest BCUT2D eigenvalue weighted by atomic mass is 14.9. The van der Waals surface area contributed by atoms with E-state index in [0.29, 0.717) is 0 Å². The van der Waals surface area contributed by atoms with Crippen LogP contribution in [0.1, 0.15) is 22.7 Å². The smallest absolute Gasteiger partial charge is 0.0728 e. The van der Waals surface area contributed by atoms with Crippen LogP contribution in [0.25, 0.3) is 77.6 Å². The molecule has 0 fully saturated rings. The number of aromatic nitrogens is 1. The van der Waals surface area contributed by atoms with Crippen LogP contribution >= 0.6 is 0 Å². The Bertz CT molecular complexity index is 2840. The fourth-order valence-corrected chi connectivity index (χ4v) is 8.13. The van der Waals surface area contributed by atoms with E-state index in [4.69, 9.17) is 4.98 Å². The minimum Gasteiger partial charge on any atom is -0.374 e. The minimum atomic E-state index is -0.0512. The summed E-state index contributed by atoms with van der Waals surface area (Å²) in [5, 5.41) is 7.51. The monoisotopic (exact) mass is 714 g/mol. The topological polar surface area (TPSA) is 24.9 Å². The number of benzene rings is 8. The highest BCUT2D eigenvalue weighted by Crippen LogP contribution is 2.42. The van der Waals surface area contributed by atoms with Crippen LogP contribution in [0.2, 0.25) is 0 Å². The Balaban J connectivity index is 1.22. The van der Waals surface area contributed by atoms with Crippen molar-refractivity contribution in [2.45, 2.75) is 6.04 Å². The zero-order chi connectivity index (χ0) is 37.3. The third-order valence-corrected chi connectivity index (χ3v) is 10.9. The first kappa shape index (κ1) is 33.3. The van der Waals surface area contributed by atoms with E-state index in [9.17, 15) is 0 Å². The first-order valence-electron chi connectivity index (χ1n) is 19.2. The van der Waals surface area contributed by atoms with Crippen molar-refractivity contribution in [3.8, 4) is 44.6 Å². The highest BCUT2D eigenvalue weighted by molar-refractivity contribution is 6.17. The largest absolute Gasteiger partial charge is 0.374 e. The van der Waals surface area contributed by atoms with Crippen LogP contribution in [-0.2, 0) is 0 Å². The number of pyridine rings is 1. The predicted molar refractivity (Wildman–Crippen MR) is 236 cm³/mol. The van der Waals surface area contributed by atoms with Gasteiger partial charge in [0.25, 0.3) is 0 Å². The molecule has 0 radical (unpaired) electrons. The average molecular weight is 715 g/mol. The number of dihydropyridines is 1. The summed E-state index contributed by atoms with van der Waals surface area (Å²) in [6, 6.07) is 73.7. The van der Waals surface area contributed by atoms with Gasteiger partial charge < -0.3 is 5.32 Å². The summed E-state index contributed by atoms with van der Waals surface area (Å²) >= 11 is 0. The lowest BCUT2D eigenvalue weighted by Crippen LogP contribution is -2.21. The van der Waals surface area contributed by atoms with Gasteiger partial charge in [0.05, 0.1) is 17.3 Å². The number of rotatable bonds is 7. The molecule has 2 heterocycles. The average Bonchev–Trinajstić information content (AvgIpc) is 3.29. The fourth-order valence-electron chi connectivity index (χ4n) is 8.13. The van der Waals surface area contributed by atoms with E-state index in [0.717, 1.165) is 44.6 Å². The molecular weight excluding hydrogens is 677 g/mol. The molecule has 0 amide bonds. The molecule has 264 valence electrons. The Labute approximate surface area is 327 Å². The molecule has 1 N–H and O–H groups in total. The van der Waals surface area contributed by atoms with Crippen molar-refractivity contribution >= 4 is 32.9 Å². The number of hydrogen-bond donors (Lipinski definition) is 1. The minimum absolute atomic E-state index is 0.0512. The maximum atomic E-state index is 5.42. The van der Waals surface area contributed by atoms with Crippen LogP contribution in [0.3, 0.4) is 0 Å². The molecule has 0 saturated carbocycles. The van der Waals surface area contributed by atoms with Gasteiger partial charge in [0.15, 0.2) is 0 Å². The van der Waals surface area contributed by atoms with Crippen molar-refractivity contribution < 1.29 is 0 Å². The van der Waals surface area contributed by atoms with E-state index in [1.807, 2.05) is 0 Å². The van der Waals surface area contributed by atoms with Gasteiger partial charge in [-0.15, -0.1) is 0 Å². The fraction of sp³-hybridized carbons (Fsp3) is 0.0185. The molecule has 1 aliphatic heterocycles. The Kier molecular flexibility index (Phi) is 8.62. The van der Waals surface area contributed by atoms with Gasteiger partial charge in [-0.2, -0.15) is 0 Å². The molecule has 9 aromatic rings. The van der Waals surface area contributed by atoms with Gasteiger partial charge in [0, 0.05) is 16.6 Å². The van der Waals surface area contributed by atoms with Crippen molar-refractivity contribution in [3.05, 3.63) is 235 Å². The van der Waals surface area contributed by atoms with E-state index < -0.39 is 0 Å². The first-order valence-corrected chi connectivity index (χ1v) is 19.2. The van der Waals surface area contributed by atoms with Crippen LogP contribution in [0, 0.1) is 0 Å². The molecule has 1 unspecified atom stereocenters.